The monoisotopic (exact) mass is 438 g/mol. The molecule has 1 heterocycles. The summed E-state index contributed by atoms with van der Waals surface area (Å²) < 4.78 is 30.7. The van der Waals surface area contributed by atoms with E-state index in [0.29, 0.717) is 22.4 Å². The number of hydrogen-bond donors (Lipinski definition) is 5. The van der Waals surface area contributed by atoms with Gasteiger partial charge in [0.2, 0.25) is 6.29 Å². The van der Waals surface area contributed by atoms with Crippen LogP contribution in [0.3, 0.4) is 0 Å². The third kappa shape index (κ3) is 5.15. The smallest absolute Gasteiger partial charge is 0.229 e. The normalized spacial score (nSPS) is 27.0. The summed E-state index contributed by atoms with van der Waals surface area (Å²) in [7, 11) is 1.44. The minimum Gasteiger partial charge on any atom is -0.497 e. The lowest BCUT2D eigenvalue weighted by molar-refractivity contribution is -0.286. The predicted molar refractivity (Wildman–Crippen MR) is 107 cm³/mol. The number of methoxy groups -OCH3 is 1. The molecule has 2 aromatic carbocycles. The van der Waals surface area contributed by atoms with E-state index in [0.717, 1.165) is 0 Å². The van der Waals surface area contributed by atoms with Crippen molar-refractivity contribution in [2.75, 3.05) is 7.11 Å². The van der Waals surface area contributed by atoms with Gasteiger partial charge in [0.25, 0.3) is 0 Å². The third-order valence-corrected chi connectivity index (χ3v) is 5.28. The summed E-state index contributed by atoms with van der Waals surface area (Å²) in [5.41, 5.74) is 1.41. The fourth-order valence-electron chi connectivity index (χ4n) is 3.45. The molecular weight excluding hydrogens is 411 g/mol. The van der Waals surface area contributed by atoms with E-state index in [4.69, 9.17) is 14.2 Å². The van der Waals surface area contributed by atoms with Crippen LogP contribution in [-0.2, 0) is 17.8 Å². The molecule has 0 aromatic heterocycles. The van der Waals surface area contributed by atoms with Crippen molar-refractivity contribution in [1.29, 1.82) is 0 Å². The van der Waals surface area contributed by atoms with Gasteiger partial charge in [0, 0.05) is 12.5 Å². The Kier molecular flexibility index (Phi) is 7.47. The van der Waals surface area contributed by atoms with E-state index < -0.39 is 42.6 Å². The fourth-order valence-corrected chi connectivity index (χ4v) is 3.45. The first kappa shape index (κ1) is 23.4. The molecule has 0 aliphatic carbocycles. The van der Waals surface area contributed by atoms with Crippen LogP contribution in [0.2, 0.25) is 0 Å². The molecule has 0 bridgehead atoms. The maximum atomic E-state index is 14.4. The predicted octanol–water partition coefficient (Wildman–Crippen LogP) is 0.485. The van der Waals surface area contributed by atoms with Crippen LogP contribution in [0, 0.1) is 5.82 Å². The van der Waals surface area contributed by atoms with Gasteiger partial charge < -0.3 is 39.7 Å². The van der Waals surface area contributed by atoms with E-state index in [9.17, 15) is 29.9 Å². The van der Waals surface area contributed by atoms with Gasteiger partial charge in [-0.05, 0) is 35.7 Å². The minimum absolute atomic E-state index is 0.130. The first-order valence-electron chi connectivity index (χ1n) is 9.84. The summed E-state index contributed by atoms with van der Waals surface area (Å²) in [5.74, 6) is 0.0979. The Balaban J connectivity index is 1.89. The van der Waals surface area contributed by atoms with E-state index in [1.54, 1.807) is 24.3 Å². The Bertz CT molecular complexity index is 890. The number of ether oxygens (including phenoxy) is 3. The molecule has 170 valence electrons. The molecule has 0 spiro atoms. The van der Waals surface area contributed by atoms with E-state index in [-0.39, 0.29) is 18.8 Å². The van der Waals surface area contributed by atoms with Crippen LogP contribution >= 0.6 is 0 Å². The molecule has 1 saturated heterocycles. The SMILES string of the molecule is COc1ccc(Cc2ccc(CO)cc2O[C@@H]2O[C@H]([C@H](C)O)[C@@H](O)[C@H](O)[C@H]2O)c(F)c1. The van der Waals surface area contributed by atoms with Crippen LogP contribution in [0.1, 0.15) is 23.6 Å². The van der Waals surface area contributed by atoms with E-state index in [2.05, 4.69) is 0 Å². The van der Waals surface area contributed by atoms with Crippen molar-refractivity contribution in [3.05, 3.63) is 58.9 Å². The van der Waals surface area contributed by atoms with Crippen molar-refractivity contribution >= 4 is 0 Å². The zero-order chi connectivity index (χ0) is 22.7. The number of aliphatic hydroxyl groups is 5. The molecule has 1 aliphatic heterocycles. The van der Waals surface area contributed by atoms with E-state index in [1.165, 1.54) is 26.2 Å². The number of hydrogen-bond acceptors (Lipinski definition) is 8. The van der Waals surface area contributed by atoms with Gasteiger partial charge in [0.1, 0.15) is 41.7 Å². The van der Waals surface area contributed by atoms with Crippen molar-refractivity contribution < 1.29 is 44.1 Å². The standard InChI is InChI=1S/C22H27FO8/c1-11(25)21-19(27)18(26)20(28)22(31-21)30-17-7-12(10-24)3-4-14(17)8-13-5-6-15(29-2)9-16(13)23/h3-7,9,11,18-22,24-28H,8,10H2,1-2H3/t11-,18-,19-,20+,21+,22+/m0/s1. The van der Waals surface area contributed by atoms with Gasteiger partial charge in [-0.3, -0.25) is 0 Å². The van der Waals surface area contributed by atoms with Crippen LogP contribution in [0.4, 0.5) is 4.39 Å². The van der Waals surface area contributed by atoms with Crippen molar-refractivity contribution in [2.24, 2.45) is 0 Å². The number of aliphatic hydroxyl groups excluding tert-OH is 5. The summed E-state index contributed by atoms with van der Waals surface area (Å²) in [4.78, 5) is 0. The summed E-state index contributed by atoms with van der Waals surface area (Å²) in [6.07, 6.45) is -8.33. The van der Waals surface area contributed by atoms with Gasteiger partial charge in [0.05, 0.1) is 19.8 Å². The van der Waals surface area contributed by atoms with Crippen LogP contribution in [0.25, 0.3) is 0 Å². The van der Waals surface area contributed by atoms with Crippen molar-refractivity contribution in [1.82, 2.24) is 0 Å². The average Bonchev–Trinajstić information content (AvgIpc) is 2.76. The molecule has 2 aromatic rings. The van der Waals surface area contributed by atoms with Gasteiger partial charge in [-0.25, -0.2) is 4.39 Å². The molecule has 0 amide bonds. The fraction of sp³-hybridized carbons (Fsp3) is 0.455. The topological polar surface area (TPSA) is 129 Å². The highest BCUT2D eigenvalue weighted by Gasteiger charge is 2.46. The Morgan fingerprint density at radius 1 is 1.03 bits per heavy atom. The molecule has 8 nitrogen and oxygen atoms in total. The number of halogens is 1. The molecule has 31 heavy (non-hydrogen) atoms. The van der Waals surface area contributed by atoms with Gasteiger partial charge in [-0.15, -0.1) is 0 Å². The molecule has 1 fully saturated rings. The molecule has 1 aliphatic rings. The second-order valence-electron chi connectivity index (χ2n) is 7.53. The Hall–Kier alpha value is -2.27. The van der Waals surface area contributed by atoms with Crippen LogP contribution < -0.4 is 9.47 Å². The quantitative estimate of drug-likeness (QED) is 0.422. The Morgan fingerprint density at radius 2 is 1.74 bits per heavy atom. The largest absolute Gasteiger partial charge is 0.497 e. The van der Waals surface area contributed by atoms with Gasteiger partial charge >= 0.3 is 0 Å². The van der Waals surface area contributed by atoms with E-state index in [1.807, 2.05) is 0 Å². The first-order chi connectivity index (χ1) is 14.7. The summed E-state index contributed by atoms with van der Waals surface area (Å²) in [6.45, 7) is 1.10. The highest BCUT2D eigenvalue weighted by Crippen LogP contribution is 2.30. The maximum Gasteiger partial charge on any atom is 0.229 e. The molecule has 6 atom stereocenters. The summed E-state index contributed by atoms with van der Waals surface area (Å²) in [6, 6.07) is 9.28. The van der Waals surface area contributed by atoms with Crippen molar-refractivity contribution in [3.63, 3.8) is 0 Å². The van der Waals surface area contributed by atoms with Crippen LogP contribution in [0.5, 0.6) is 11.5 Å². The summed E-state index contributed by atoms with van der Waals surface area (Å²) in [5, 5.41) is 49.8. The highest BCUT2D eigenvalue weighted by atomic mass is 19.1. The zero-order valence-electron chi connectivity index (χ0n) is 17.2. The first-order valence-corrected chi connectivity index (χ1v) is 9.84. The Labute approximate surface area is 179 Å². The molecule has 3 rings (SSSR count). The molecule has 0 radical (unpaired) electrons. The van der Waals surface area contributed by atoms with Gasteiger partial charge in [-0.1, -0.05) is 18.2 Å². The zero-order valence-corrected chi connectivity index (χ0v) is 17.2. The lowest BCUT2D eigenvalue weighted by Crippen LogP contribution is -2.61. The minimum atomic E-state index is -1.61. The lowest BCUT2D eigenvalue weighted by Gasteiger charge is -2.41. The molecular formula is C22H27FO8. The van der Waals surface area contributed by atoms with Gasteiger partial charge in [-0.2, -0.15) is 0 Å². The lowest BCUT2D eigenvalue weighted by atomic mass is 9.96. The average molecular weight is 438 g/mol. The van der Waals surface area contributed by atoms with Crippen molar-refractivity contribution in [3.8, 4) is 11.5 Å². The molecule has 5 N–H and O–H groups in total. The molecule has 9 heteroatoms. The molecule has 0 saturated carbocycles. The second-order valence-corrected chi connectivity index (χ2v) is 7.53. The number of benzene rings is 2. The van der Waals surface area contributed by atoms with Crippen LogP contribution in [-0.4, -0.2) is 69.5 Å². The Morgan fingerprint density at radius 3 is 2.35 bits per heavy atom. The second kappa shape index (κ2) is 9.90. The number of rotatable bonds is 7. The van der Waals surface area contributed by atoms with Crippen LogP contribution in [0.15, 0.2) is 36.4 Å². The summed E-state index contributed by atoms with van der Waals surface area (Å²) >= 11 is 0. The molecule has 0 unspecified atom stereocenters. The maximum absolute atomic E-state index is 14.4. The van der Waals surface area contributed by atoms with Crippen molar-refractivity contribution in [2.45, 2.75) is 56.8 Å². The van der Waals surface area contributed by atoms with E-state index >= 15 is 0 Å². The third-order valence-electron chi connectivity index (χ3n) is 5.28. The van der Waals surface area contributed by atoms with Gasteiger partial charge in [0.15, 0.2) is 0 Å². The highest BCUT2D eigenvalue weighted by molar-refractivity contribution is 5.42.